The molecule has 0 atom stereocenters. The number of amides is 2. The highest BCUT2D eigenvalue weighted by Crippen LogP contribution is 2.38. The van der Waals surface area contributed by atoms with Crippen LogP contribution in [-0.4, -0.2) is 36.9 Å². The molecule has 2 aromatic carbocycles. The van der Waals surface area contributed by atoms with Crippen molar-refractivity contribution in [2.45, 2.75) is 38.5 Å². The first-order chi connectivity index (χ1) is 14.1. The van der Waals surface area contributed by atoms with Crippen LogP contribution in [0.2, 0.25) is 0 Å². The second kappa shape index (κ2) is 8.40. The predicted molar refractivity (Wildman–Crippen MR) is 115 cm³/mol. The van der Waals surface area contributed by atoms with Crippen molar-refractivity contribution in [3.05, 3.63) is 60.2 Å². The minimum Gasteiger partial charge on any atom is -0.359 e. The Morgan fingerprint density at radius 3 is 2.14 bits per heavy atom. The summed E-state index contributed by atoms with van der Waals surface area (Å²) in [5.41, 5.74) is 3.12. The number of likely N-dealkylation sites (tertiary alicyclic amines) is 1. The van der Waals surface area contributed by atoms with Crippen LogP contribution in [0.5, 0.6) is 0 Å². The molecular weight excluding hydrogens is 360 g/mol. The van der Waals surface area contributed by atoms with E-state index in [2.05, 4.69) is 41.7 Å². The third-order valence-corrected chi connectivity index (χ3v) is 6.80. The normalized spacial score (nSPS) is 18.7. The number of hydrogen-bond donors (Lipinski definition) is 1. The first-order valence-corrected chi connectivity index (χ1v) is 10.8. The Kier molecular flexibility index (Phi) is 5.70. The van der Waals surface area contributed by atoms with E-state index in [4.69, 9.17) is 0 Å². The molecule has 4 heteroatoms. The minimum atomic E-state index is -0.431. The highest BCUT2D eigenvalue weighted by atomic mass is 16.2. The molecule has 1 heterocycles. The minimum absolute atomic E-state index is 0.0976. The lowest BCUT2D eigenvalue weighted by atomic mass is 9.72. The Morgan fingerprint density at radius 1 is 0.966 bits per heavy atom. The monoisotopic (exact) mass is 390 g/mol. The topological polar surface area (TPSA) is 49.4 Å². The molecule has 1 saturated heterocycles. The van der Waals surface area contributed by atoms with Gasteiger partial charge in [-0.3, -0.25) is 9.59 Å². The van der Waals surface area contributed by atoms with Crippen LogP contribution in [0, 0.1) is 11.3 Å². The summed E-state index contributed by atoms with van der Waals surface area (Å²) in [5.74, 6) is 0.627. The molecule has 0 radical (unpaired) electrons. The van der Waals surface area contributed by atoms with Gasteiger partial charge in [0.25, 0.3) is 0 Å². The van der Waals surface area contributed by atoms with Gasteiger partial charge in [0.2, 0.25) is 11.8 Å². The second-order valence-corrected chi connectivity index (χ2v) is 8.55. The third-order valence-electron chi connectivity index (χ3n) is 6.80. The van der Waals surface area contributed by atoms with Gasteiger partial charge in [0.1, 0.15) is 0 Å². The smallest absolute Gasteiger partial charge is 0.226 e. The highest BCUT2D eigenvalue weighted by molar-refractivity contribution is 5.84. The molecule has 1 aliphatic carbocycles. The van der Waals surface area contributed by atoms with Crippen LogP contribution in [0.15, 0.2) is 54.6 Å². The SMILES string of the molecule is CNC(=O)C1(Cc2ccc(-c3ccccc3)cc2)CCN(C(=O)C2CCC2)CC1. The van der Waals surface area contributed by atoms with Gasteiger partial charge >= 0.3 is 0 Å². The van der Waals surface area contributed by atoms with E-state index >= 15 is 0 Å². The molecule has 1 aliphatic heterocycles. The van der Waals surface area contributed by atoms with Crippen molar-refractivity contribution in [2.75, 3.05) is 20.1 Å². The third kappa shape index (κ3) is 4.07. The van der Waals surface area contributed by atoms with Gasteiger partial charge in [0.05, 0.1) is 5.41 Å². The quantitative estimate of drug-likeness (QED) is 0.837. The van der Waals surface area contributed by atoms with E-state index in [9.17, 15) is 9.59 Å². The molecule has 0 bridgehead atoms. The molecule has 0 spiro atoms. The van der Waals surface area contributed by atoms with Crippen molar-refractivity contribution in [1.82, 2.24) is 10.2 Å². The Bertz CT molecular complexity index is 848. The van der Waals surface area contributed by atoms with Crippen molar-refractivity contribution in [3.8, 4) is 11.1 Å². The second-order valence-electron chi connectivity index (χ2n) is 8.55. The average Bonchev–Trinajstić information content (AvgIpc) is 2.73. The van der Waals surface area contributed by atoms with Crippen LogP contribution in [0.3, 0.4) is 0 Å². The Morgan fingerprint density at radius 2 is 1.59 bits per heavy atom. The standard InChI is InChI=1S/C25H30N2O2/c1-26-24(29)25(14-16-27(17-15-25)23(28)22-8-5-9-22)18-19-10-12-21(13-11-19)20-6-3-2-4-7-20/h2-4,6-7,10-13,22H,5,8-9,14-18H2,1H3,(H,26,29). The Balaban J connectivity index is 1.46. The zero-order valence-corrected chi connectivity index (χ0v) is 17.2. The van der Waals surface area contributed by atoms with Crippen molar-refractivity contribution >= 4 is 11.8 Å². The van der Waals surface area contributed by atoms with E-state index in [1.165, 1.54) is 23.1 Å². The number of rotatable bonds is 5. The van der Waals surface area contributed by atoms with Gasteiger partial charge in [0.15, 0.2) is 0 Å². The first-order valence-electron chi connectivity index (χ1n) is 10.8. The maximum absolute atomic E-state index is 12.8. The van der Waals surface area contributed by atoms with E-state index < -0.39 is 5.41 Å². The number of carbonyl (C=O) groups excluding carboxylic acids is 2. The molecule has 4 nitrogen and oxygen atoms in total. The van der Waals surface area contributed by atoms with Crippen molar-refractivity contribution < 1.29 is 9.59 Å². The lowest BCUT2D eigenvalue weighted by Crippen LogP contribution is -2.52. The molecular formula is C25H30N2O2. The molecule has 4 rings (SSSR count). The van der Waals surface area contributed by atoms with Crippen LogP contribution in [0.1, 0.15) is 37.7 Å². The molecule has 2 fully saturated rings. The van der Waals surface area contributed by atoms with E-state index in [1.54, 1.807) is 7.05 Å². The summed E-state index contributed by atoms with van der Waals surface area (Å²) in [4.78, 5) is 27.4. The zero-order chi connectivity index (χ0) is 20.3. The van der Waals surface area contributed by atoms with E-state index in [1.807, 2.05) is 23.1 Å². The number of nitrogens with one attached hydrogen (secondary N) is 1. The van der Waals surface area contributed by atoms with Crippen LogP contribution < -0.4 is 5.32 Å². The molecule has 0 aromatic heterocycles. The van der Waals surface area contributed by atoms with Gasteiger partial charge in [0, 0.05) is 26.1 Å². The number of benzene rings is 2. The summed E-state index contributed by atoms with van der Waals surface area (Å²) in [5, 5.41) is 2.88. The van der Waals surface area contributed by atoms with Crippen LogP contribution in [0.25, 0.3) is 11.1 Å². The fourth-order valence-corrected chi connectivity index (χ4v) is 4.65. The number of piperidine rings is 1. The zero-order valence-electron chi connectivity index (χ0n) is 17.2. The number of hydrogen-bond acceptors (Lipinski definition) is 2. The van der Waals surface area contributed by atoms with Gasteiger partial charge < -0.3 is 10.2 Å². The fourth-order valence-electron chi connectivity index (χ4n) is 4.65. The van der Waals surface area contributed by atoms with Crippen molar-refractivity contribution in [3.63, 3.8) is 0 Å². The van der Waals surface area contributed by atoms with Crippen LogP contribution in [0.4, 0.5) is 0 Å². The molecule has 0 unspecified atom stereocenters. The largest absolute Gasteiger partial charge is 0.359 e. The van der Waals surface area contributed by atoms with E-state index in [0.29, 0.717) is 25.4 Å². The molecule has 29 heavy (non-hydrogen) atoms. The van der Waals surface area contributed by atoms with Crippen molar-refractivity contribution in [2.24, 2.45) is 11.3 Å². The number of carbonyl (C=O) groups is 2. The molecule has 1 N–H and O–H groups in total. The molecule has 2 aromatic rings. The van der Waals surface area contributed by atoms with Gasteiger partial charge in [-0.1, -0.05) is 61.0 Å². The lowest BCUT2D eigenvalue weighted by Gasteiger charge is -2.42. The predicted octanol–water partition coefficient (Wildman–Crippen LogP) is 4.05. The van der Waals surface area contributed by atoms with Crippen LogP contribution >= 0.6 is 0 Å². The summed E-state index contributed by atoms with van der Waals surface area (Å²) < 4.78 is 0. The highest BCUT2D eigenvalue weighted by Gasteiger charge is 2.43. The molecule has 152 valence electrons. The van der Waals surface area contributed by atoms with Gasteiger partial charge in [-0.15, -0.1) is 0 Å². The Hall–Kier alpha value is -2.62. The fraction of sp³-hybridized carbons (Fsp3) is 0.440. The summed E-state index contributed by atoms with van der Waals surface area (Å²) in [6, 6.07) is 18.9. The summed E-state index contributed by atoms with van der Waals surface area (Å²) in [6.45, 7) is 1.37. The summed E-state index contributed by atoms with van der Waals surface area (Å²) in [7, 11) is 1.72. The Labute approximate surface area is 173 Å². The molecule has 2 aliphatic rings. The van der Waals surface area contributed by atoms with Gasteiger partial charge in [-0.05, 0) is 48.8 Å². The van der Waals surface area contributed by atoms with E-state index in [-0.39, 0.29) is 11.8 Å². The number of nitrogens with zero attached hydrogens (tertiary/aromatic N) is 1. The van der Waals surface area contributed by atoms with Crippen molar-refractivity contribution in [1.29, 1.82) is 0 Å². The summed E-state index contributed by atoms with van der Waals surface area (Å²) >= 11 is 0. The lowest BCUT2D eigenvalue weighted by molar-refractivity contribution is -0.144. The first kappa shape index (κ1) is 19.7. The average molecular weight is 391 g/mol. The molecule has 2 amide bonds. The van der Waals surface area contributed by atoms with E-state index in [0.717, 1.165) is 25.7 Å². The maximum Gasteiger partial charge on any atom is 0.226 e. The maximum atomic E-state index is 12.8. The summed E-state index contributed by atoms with van der Waals surface area (Å²) in [6.07, 6.45) is 5.41. The van der Waals surface area contributed by atoms with Crippen LogP contribution in [-0.2, 0) is 16.0 Å². The van der Waals surface area contributed by atoms with Gasteiger partial charge in [-0.25, -0.2) is 0 Å². The van der Waals surface area contributed by atoms with Gasteiger partial charge in [-0.2, -0.15) is 0 Å². The molecule has 1 saturated carbocycles.